The smallest absolute Gasteiger partial charge is 0.0540 e. The van der Waals surface area contributed by atoms with E-state index in [0.29, 0.717) is 0 Å². The van der Waals surface area contributed by atoms with Crippen LogP contribution >= 0.6 is 0 Å². The minimum atomic E-state index is -0.212. The summed E-state index contributed by atoms with van der Waals surface area (Å²) < 4.78 is 0. The molecule has 58 heavy (non-hydrogen) atoms. The quantitative estimate of drug-likeness (QED) is 0.170. The van der Waals surface area contributed by atoms with Crippen molar-refractivity contribution in [3.63, 3.8) is 0 Å². The highest BCUT2D eigenvalue weighted by Crippen LogP contribution is 2.59. The molecule has 0 aliphatic heterocycles. The van der Waals surface area contributed by atoms with E-state index < -0.39 is 0 Å². The van der Waals surface area contributed by atoms with E-state index >= 15 is 0 Å². The van der Waals surface area contributed by atoms with Gasteiger partial charge in [0.15, 0.2) is 0 Å². The zero-order valence-corrected chi connectivity index (χ0v) is 34.2. The van der Waals surface area contributed by atoms with Crippen molar-refractivity contribution in [2.45, 2.75) is 57.8 Å². The Kier molecular flexibility index (Phi) is 7.36. The van der Waals surface area contributed by atoms with Crippen LogP contribution in [0.25, 0.3) is 55.6 Å². The average molecular weight is 746 g/mol. The number of fused-ring (bicyclic) bond motifs is 9. The average Bonchev–Trinajstić information content (AvgIpc) is 3.73. The minimum absolute atomic E-state index is 0.110. The molecule has 280 valence electrons. The molecule has 8 aromatic rings. The van der Waals surface area contributed by atoms with Gasteiger partial charge in [-0.25, -0.2) is 0 Å². The molecule has 1 heteroatoms. The van der Waals surface area contributed by atoms with E-state index in [9.17, 15) is 0 Å². The molecule has 11 rings (SSSR count). The topological polar surface area (TPSA) is 3.24 Å². The molecule has 0 N–H and O–H groups in total. The molecule has 0 aromatic heterocycles. The molecule has 3 aliphatic carbocycles. The Morgan fingerprint density at radius 1 is 0.293 bits per heavy atom. The van der Waals surface area contributed by atoms with Gasteiger partial charge in [0.2, 0.25) is 0 Å². The van der Waals surface area contributed by atoms with E-state index in [4.69, 9.17) is 0 Å². The van der Waals surface area contributed by atoms with Gasteiger partial charge in [0.05, 0.1) is 5.69 Å². The van der Waals surface area contributed by atoms with Crippen LogP contribution in [0.1, 0.15) is 74.9 Å². The molecule has 3 aliphatic rings. The van der Waals surface area contributed by atoms with Crippen LogP contribution in [0.4, 0.5) is 17.1 Å². The van der Waals surface area contributed by atoms with Gasteiger partial charge in [-0.05, 0) is 126 Å². The van der Waals surface area contributed by atoms with Gasteiger partial charge < -0.3 is 4.90 Å². The van der Waals surface area contributed by atoms with Crippen LogP contribution in [0.2, 0.25) is 0 Å². The van der Waals surface area contributed by atoms with E-state index in [-0.39, 0.29) is 16.2 Å². The zero-order chi connectivity index (χ0) is 39.6. The van der Waals surface area contributed by atoms with Gasteiger partial charge in [0.25, 0.3) is 0 Å². The molecule has 8 aromatic carbocycles. The van der Waals surface area contributed by atoms with Crippen LogP contribution in [0.15, 0.2) is 176 Å². The van der Waals surface area contributed by atoms with E-state index in [1.54, 1.807) is 0 Å². The van der Waals surface area contributed by atoms with E-state index in [0.717, 1.165) is 0 Å². The van der Waals surface area contributed by atoms with Gasteiger partial charge in [-0.1, -0.05) is 175 Å². The fourth-order valence-corrected chi connectivity index (χ4v) is 10.8. The Morgan fingerprint density at radius 2 is 0.724 bits per heavy atom. The standard InChI is InChI=1S/C57H47N/c1-55(2)47-25-15-13-23-42(47)43-30-28-38(32-49(43)55)58(53-27-16-14-22-40(53)36-18-9-7-10-19-36)39-29-31-44-45-34-52-46(35-51(45)57(5,6)50(44)33-39)54-41(37-20-11-8-12-21-37)24-17-26-48(54)56(52,3)4/h7-35H,1-6H3. The second kappa shape index (κ2) is 12.3. The van der Waals surface area contributed by atoms with Crippen molar-refractivity contribution >= 4 is 17.1 Å². The largest absolute Gasteiger partial charge is 0.310 e. The highest BCUT2D eigenvalue weighted by Gasteiger charge is 2.43. The van der Waals surface area contributed by atoms with Crippen molar-refractivity contribution in [3.8, 4) is 55.6 Å². The maximum Gasteiger partial charge on any atom is 0.0540 e. The van der Waals surface area contributed by atoms with Crippen LogP contribution in [0.3, 0.4) is 0 Å². The lowest BCUT2D eigenvalue weighted by molar-refractivity contribution is 0.652. The molecule has 0 heterocycles. The minimum Gasteiger partial charge on any atom is -0.310 e. The van der Waals surface area contributed by atoms with Crippen LogP contribution in [-0.4, -0.2) is 0 Å². The van der Waals surface area contributed by atoms with E-state index in [1.807, 2.05) is 0 Å². The van der Waals surface area contributed by atoms with Crippen LogP contribution in [0.5, 0.6) is 0 Å². The fraction of sp³-hybridized carbons (Fsp3) is 0.158. The third-order valence-corrected chi connectivity index (χ3v) is 13.9. The van der Waals surface area contributed by atoms with E-state index in [2.05, 4.69) is 222 Å². The van der Waals surface area contributed by atoms with Crippen molar-refractivity contribution in [1.82, 2.24) is 0 Å². The Labute approximate surface area is 343 Å². The molecule has 0 unspecified atom stereocenters. The molecule has 0 saturated carbocycles. The normalized spacial score (nSPS) is 15.5. The Balaban J connectivity index is 1.09. The first-order valence-electron chi connectivity index (χ1n) is 20.8. The summed E-state index contributed by atoms with van der Waals surface area (Å²) in [5.74, 6) is 0. The van der Waals surface area contributed by atoms with Gasteiger partial charge in [0, 0.05) is 33.2 Å². The molecular formula is C57H47N. The Bertz CT molecular complexity index is 2960. The Hall–Kier alpha value is -6.44. The van der Waals surface area contributed by atoms with Crippen molar-refractivity contribution in [1.29, 1.82) is 0 Å². The van der Waals surface area contributed by atoms with Gasteiger partial charge in [0.1, 0.15) is 0 Å². The number of hydrogen-bond donors (Lipinski definition) is 0. The summed E-state index contributed by atoms with van der Waals surface area (Å²) in [5.41, 5.74) is 24.6. The lowest BCUT2D eigenvalue weighted by atomic mass is 9.79. The first-order chi connectivity index (χ1) is 28.0. The molecule has 0 atom stereocenters. The van der Waals surface area contributed by atoms with Gasteiger partial charge in [-0.3, -0.25) is 0 Å². The summed E-state index contributed by atoms with van der Waals surface area (Å²) in [6.07, 6.45) is 0. The second-order valence-electron chi connectivity index (χ2n) is 18.1. The SMILES string of the molecule is CC1(C)c2ccccc2-c2ccc(N(c3ccc4c(c3)C(C)(C)c3cc5c(cc3-4)C(C)(C)c3cccc(-c4ccccc4)c3-5)c3ccccc3-c3ccccc3)cc21. The van der Waals surface area contributed by atoms with Gasteiger partial charge >= 0.3 is 0 Å². The predicted molar refractivity (Wildman–Crippen MR) is 245 cm³/mol. The molecule has 1 nitrogen and oxygen atoms in total. The lowest BCUT2D eigenvalue weighted by Gasteiger charge is -2.31. The maximum absolute atomic E-state index is 2.55. The van der Waals surface area contributed by atoms with Crippen molar-refractivity contribution in [2.75, 3.05) is 4.90 Å². The molecule has 0 saturated heterocycles. The number of rotatable bonds is 5. The summed E-state index contributed by atoms with van der Waals surface area (Å²) in [5, 5.41) is 0. The zero-order valence-electron chi connectivity index (χ0n) is 34.2. The summed E-state index contributed by atoms with van der Waals surface area (Å²) >= 11 is 0. The maximum atomic E-state index is 2.55. The van der Waals surface area contributed by atoms with Crippen LogP contribution < -0.4 is 4.90 Å². The van der Waals surface area contributed by atoms with Crippen molar-refractivity contribution < 1.29 is 0 Å². The van der Waals surface area contributed by atoms with Crippen molar-refractivity contribution in [3.05, 3.63) is 209 Å². The highest BCUT2D eigenvalue weighted by atomic mass is 15.1. The lowest BCUT2D eigenvalue weighted by Crippen LogP contribution is -2.18. The van der Waals surface area contributed by atoms with Crippen LogP contribution in [0, 0.1) is 0 Å². The monoisotopic (exact) mass is 745 g/mol. The number of para-hydroxylation sites is 1. The fourth-order valence-electron chi connectivity index (χ4n) is 10.8. The first kappa shape index (κ1) is 34.8. The molecule has 0 fully saturated rings. The summed E-state index contributed by atoms with van der Waals surface area (Å²) in [6, 6.07) is 65.9. The number of benzene rings is 8. The highest BCUT2D eigenvalue weighted by molar-refractivity contribution is 5.97. The summed E-state index contributed by atoms with van der Waals surface area (Å²) in [6.45, 7) is 14.4. The number of hydrogen-bond acceptors (Lipinski definition) is 1. The van der Waals surface area contributed by atoms with Gasteiger partial charge in [-0.15, -0.1) is 0 Å². The number of nitrogens with zero attached hydrogens (tertiary/aromatic N) is 1. The van der Waals surface area contributed by atoms with E-state index in [1.165, 1.54) is 106 Å². The summed E-state index contributed by atoms with van der Waals surface area (Å²) in [7, 11) is 0. The molecule has 0 bridgehead atoms. The second-order valence-corrected chi connectivity index (χ2v) is 18.1. The number of anilines is 3. The molecule has 0 spiro atoms. The van der Waals surface area contributed by atoms with Crippen LogP contribution in [-0.2, 0) is 16.2 Å². The third kappa shape index (κ3) is 4.83. The third-order valence-electron chi connectivity index (χ3n) is 13.9. The summed E-state index contributed by atoms with van der Waals surface area (Å²) in [4.78, 5) is 2.51. The molecule has 0 amide bonds. The predicted octanol–water partition coefficient (Wildman–Crippen LogP) is 15.4. The molecule has 0 radical (unpaired) electrons. The van der Waals surface area contributed by atoms with Gasteiger partial charge in [-0.2, -0.15) is 0 Å². The van der Waals surface area contributed by atoms with Crippen molar-refractivity contribution in [2.24, 2.45) is 0 Å². The molecular weight excluding hydrogens is 699 g/mol. The first-order valence-corrected chi connectivity index (χ1v) is 20.8. The Morgan fingerprint density at radius 3 is 1.40 bits per heavy atom.